The highest BCUT2D eigenvalue weighted by Crippen LogP contribution is 2.24. The zero-order valence-corrected chi connectivity index (χ0v) is 18.5. The molecule has 0 aliphatic rings. The predicted octanol–water partition coefficient (Wildman–Crippen LogP) is 4.84. The lowest BCUT2D eigenvalue weighted by Crippen LogP contribution is -2.34. The largest absolute Gasteiger partial charge is 0.459 e. The van der Waals surface area contributed by atoms with Crippen LogP contribution in [0.2, 0.25) is 0 Å². The average Bonchev–Trinajstić information content (AvgIpc) is 3.08. The summed E-state index contributed by atoms with van der Waals surface area (Å²) in [5, 5.41) is 6.38. The average molecular weight is 424 g/mol. The third-order valence-corrected chi connectivity index (χ3v) is 5.18. The smallest absolute Gasteiger partial charge is 0.320 e. The Kier molecular flexibility index (Phi) is 8.75. The highest BCUT2D eigenvalue weighted by atomic mass is 32.2. The summed E-state index contributed by atoms with van der Waals surface area (Å²) in [7, 11) is 0. The van der Waals surface area contributed by atoms with Gasteiger partial charge in [0, 0.05) is 11.1 Å². The molecule has 0 bridgehead atoms. The van der Waals surface area contributed by atoms with Crippen molar-refractivity contribution in [1.82, 2.24) is 10.3 Å². The monoisotopic (exact) mass is 423 g/mol. The summed E-state index contributed by atoms with van der Waals surface area (Å²) < 4.78 is 17.1. The third-order valence-electron chi connectivity index (χ3n) is 3.84. The molecule has 1 atom stereocenters. The minimum absolute atomic E-state index is 0.0749. The highest BCUT2D eigenvalue weighted by molar-refractivity contribution is 7.95. The second-order valence-electron chi connectivity index (χ2n) is 7.54. The molecule has 1 aromatic carbocycles. The van der Waals surface area contributed by atoms with E-state index in [1.54, 1.807) is 11.3 Å². The van der Waals surface area contributed by atoms with Crippen LogP contribution in [0, 0.1) is 0 Å². The lowest BCUT2D eigenvalue weighted by molar-refractivity contribution is -0.153. The van der Waals surface area contributed by atoms with E-state index in [1.165, 1.54) is 0 Å². The number of nitrogens with one attached hydrogen (secondary N) is 2. The third kappa shape index (κ3) is 7.79. The molecule has 0 aliphatic heterocycles. The first kappa shape index (κ1) is 22.7. The van der Waals surface area contributed by atoms with Crippen LogP contribution in [0.4, 0.5) is 5.69 Å². The number of nitrogens with zero attached hydrogens (tertiary/aromatic N) is 1. The Balaban J connectivity index is 2.09. The minimum atomic E-state index is -0.503. The summed E-state index contributed by atoms with van der Waals surface area (Å²) in [6.45, 7) is 7.85. The first-order valence-corrected chi connectivity index (χ1v) is 11.0. The van der Waals surface area contributed by atoms with Crippen molar-refractivity contribution in [2.24, 2.45) is 0 Å². The van der Waals surface area contributed by atoms with Crippen LogP contribution in [0.3, 0.4) is 0 Å². The summed E-state index contributed by atoms with van der Waals surface area (Å²) in [6.07, 6.45) is 2.71. The number of esters is 1. The number of benzene rings is 1. The van der Waals surface area contributed by atoms with E-state index in [4.69, 9.17) is 14.3 Å². The Morgan fingerprint density at radius 1 is 1.32 bits per heavy atom. The number of hydrogen-bond donors (Lipinski definition) is 3. The Hall–Kier alpha value is -1.61. The fourth-order valence-electron chi connectivity index (χ4n) is 2.68. The maximum Gasteiger partial charge on any atom is 0.320 e. The van der Waals surface area contributed by atoms with Crippen LogP contribution in [-0.4, -0.2) is 27.7 Å². The van der Waals surface area contributed by atoms with E-state index < -0.39 is 5.60 Å². The molecule has 1 aromatic heterocycles. The summed E-state index contributed by atoms with van der Waals surface area (Å²) >= 11 is 2.19. The maximum absolute atomic E-state index is 12.1. The van der Waals surface area contributed by atoms with Crippen molar-refractivity contribution in [3.63, 3.8) is 0 Å². The van der Waals surface area contributed by atoms with Gasteiger partial charge in [-0.05, 0) is 51.3 Å². The summed E-state index contributed by atoms with van der Waals surface area (Å²) in [5.41, 5.74) is 2.53. The van der Waals surface area contributed by atoms with Crippen LogP contribution in [0.25, 0.3) is 0 Å². The van der Waals surface area contributed by atoms with Crippen LogP contribution in [0.5, 0.6) is 0 Å². The molecule has 3 N–H and O–H groups in total. The van der Waals surface area contributed by atoms with Gasteiger partial charge in [0.25, 0.3) is 0 Å². The van der Waals surface area contributed by atoms with Crippen molar-refractivity contribution in [3.8, 4) is 0 Å². The van der Waals surface area contributed by atoms with Crippen molar-refractivity contribution >= 4 is 35.2 Å². The number of aryl methyl sites for hydroxylation is 1. The zero-order valence-electron chi connectivity index (χ0n) is 16.8. The Bertz CT molecular complexity index is 742. The van der Waals surface area contributed by atoms with E-state index in [-0.39, 0.29) is 18.6 Å². The predicted molar refractivity (Wildman–Crippen MR) is 117 cm³/mol. The molecule has 0 amide bonds. The molecule has 0 aliphatic carbocycles. The van der Waals surface area contributed by atoms with E-state index in [1.807, 2.05) is 45.0 Å². The Labute approximate surface area is 175 Å². The summed E-state index contributed by atoms with van der Waals surface area (Å²) in [5.74, 6) is -0.276. The van der Waals surface area contributed by atoms with Gasteiger partial charge in [0.2, 0.25) is 0 Å². The van der Waals surface area contributed by atoms with Crippen molar-refractivity contribution in [3.05, 3.63) is 45.9 Å². The lowest BCUT2D eigenvalue weighted by Gasteiger charge is -2.21. The highest BCUT2D eigenvalue weighted by Gasteiger charge is 2.20. The van der Waals surface area contributed by atoms with Crippen LogP contribution in [0.15, 0.2) is 29.6 Å². The number of carbonyl (C=O) groups excluding carboxylic acids is 1. The quantitative estimate of drug-likeness (QED) is 0.286. The molecule has 0 radical (unpaired) electrons. The van der Waals surface area contributed by atoms with E-state index >= 15 is 0 Å². The first-order valence-electron chi connectivity index (χ1n) is 9.35. The number of anilines is 1. The van der Waals surface area contributed by atoms with Gasteiger partial charge in [-0.1, -0.05) is 25.5 Å². The molecule has 2 rings (SSSR count). The standard InChI is InChI=1S/C20H29N3O3S2/c1-5-6-16-13-27-19(22-16)17(21-12-18(24)26-20(2,3)4)11-14-7-9-15(10-8-14)23-28-25/h7-10,13,17,21,23,25H,5-6,11-12H2,1-4H3/t17-/m0/s1. The fraction of sp³-hybridized carbons (Fsp3) is 0.500. The molecule has 154 valence electrons. The molecular formula is C20H29N3O3S2. The molecule has 0 saturated carbocycles. The number of carbonyl (C=O) groups is 1. The molecule has 0 saturated heterocycles. The van der Waals surface area contributed by atoms with Gasteiger partial charge in [0.05, 0.1) is 18.3 Å². The van der Waals surface area contributed by atoms with Gasteiger partial charge in [-0.25, -0.2) is 4.98 Å². The van der Waals surface area contributed by atoms with Crippen LogP contribution < -0.4 is 10.0 Å². The van der Waals surface area contributed by atoms with E-state index in [0.717, 1.165) is 34.8 Å². The SMILES string of the molecule is CCCc1csc([C@H](Cc2ccc(NSO)cc2)NCC(=O)OC(C)(C)C)n1. The minimum Gasteiger partial charge on any atom is -0.459 e. The van der Waals surface area contributed by atoms with E-state index in [2.05, 4.69) is 22.3 Å². The number of hydrogen-bond acceptors (Lipinski definition) is 8. The molecule has 0 spiro atoms. The van der Waals surface area contributed by atoms with Crippen molar-refractivity contribution < 1.29 is 14.1 Å². The molecule has 6 nitrogen and oxygen atoms in total. The van der Waals surface area contributed by atoms with Gasteiger partial charge in [0.15, 0.2) is 0 Å². The molecule has 0 unspecified atom stereocenters. The van der Waals surface area contributed by atoms with Crippen LogP contribution in [-0.2, 0) is 22.4 Å². The van der Waals surface area contributed by atoms with Gasteiger partial charge >= 0.3 is 5.97 Å². The normalized spacial score (nSPS) is 12.6. The Morgan fingerprint density at radius 2 is 2.04 bits per heavy atom. The summed E-state index contributed by atoms with van der Waals surface area (Å²) in [4.78, 5) is 16.9. The Morgan fingerprint density at radius 3 is 2.64 bits per heavy atom. The second kappa shape index (κ2) is 10.8. The number of rotatable bonds is 10. The topological polar surface area (TPSA) is 83.5 Å². The number of aromatic nitrogens is 1. The molecule has 8 heteroatoms. The van der Waals surface area contributed by atoms with Crippen molar-refractivity contribution in [2.45, 2.75) is 58.6 Å². The van der Waals surface area contributed by atoms with Crippen molar-refractivity contribution in [1.29, 1.82) is 0 Å². The van der Waals surface area contributed by atoms with Crippen LogP contribution >= 0.6 is 23.6 Å². The second-order valence-corrected chi connectivity index (χ2v) is 8.82. The first-order chi connectivity index (χ1) is 13.3. The number of thiazole rings is 1. The molecule has 1 heterocycles. The summed E-state index contributed by atoms with van der Waals surface area (Å²) in [6, 6.07) is 7.75. The number of ether oxygens (including phenoxy) is 1. The fourth-order valence-corrected chi connectivity index (χ4v) is 3.85. The van der Waals surface area contributed by atoms with Gasteiger partial charge in [-0.15, -0.1) is 11.3 Å². The molecule has 0 fully saturated rings. The van der Waals surface area contributed by atoms with E-state index in [0.29, 0.717) is 18.6 Å². The van der Waals surface area contributed by atoms with E-state index in [9.17, 15) is 4.79 Å². The maximum atomic E-state index is 12.1. The van der Waals surface area contributed by atoms with Crippen LogP contribution in [0.1, 0.15) is 56.4 Å². The molecule has 28 heavy (non-hydrogen) atoms. The van der Waals surface area contributed by atoms with Gasteiger partial charge in [-0.2, -0.15) is 0 Å². The van der Waals surface area contributed by atoms with Gasteiger partial charge in [0.1, 0.15) is 22.8 Å². The molecular weight excluding hydrogens is 394 g/mol. The van der Waals surface area contributed by atoms with Gasteiger partial charge in [-0.3, -0.25) is 10.1 Å². The molecule has 2 aromatic rings. The van der Waals surface area contributed by atoms with Gasteiger partial charge < -0.3 is 14.0 Å². The zero-order chi connectivity index (χ0) is 20.6. The van der Waals surface area contributed by atoms with Crippen molar-refractivity contribution in [2.75, 3.05) is 11.3 Å². The lowest BCUT2D eigenvalue weighted by atomic mass is 10.1.